The molecule has 2 atom stereocenters. The van der Waals surface area contributed by atoms with Crippen molar-refractivity contribution in [1.29, 1.82) is 0 Å². The van der Waals surface area contributed by atoms with Gasteiger partial charge in [0, 0.05) is 17.3 Å². The monoisotopic (exact) mass is 242 g/mol. The van der Waals surface area contributed by atoms with E-state index in [2.05, 4.69) is 12.1 Å². The maximum atomic E-state index is 6.14. The Labute approximate surface area is 109 Å². The Morgan fingerprint density at radius 2 is 1.94 bits per heavy atom. The molecule has 1 heterocycles. The summed E-state index contributed by atoms with van der Waals surface area (Å²) in [6.45, 7) is 0.884. The number of aromatic nitrogens is 1. The first kappa shape index (κ1) is 11.0. The lowest BCUT2D eigenvalue weighted by Crippen LogP contribution is -2.56. The second-order valence-corrected chi connectivity index (χ2v) is 7.16. The Morgan fingerprint density at radius 3 is 2.56 bits per heavy atom. The van der Waals surface area contributed by atoms with E-state index in [0.29, 0.717) is 10.8 Å². The van der Waals surface area contributed by atoms with Crippen LogP contribution in [0.1, 0.15) is 44.2 Å². The molecule has 0 radical (unpaired) electrons. The van der Waals surface area contributed by atoms with Crippen molar-refractivity contribution in [3.63, 3.8) is 0 Å². The van der Waals surface area contributed by atoms with Crippen molar-refractivity contribution in [3.05, 3.63) is 30.1 Å². The Kier molecular flexibility index (Phi) is 2.18. The van der Waals surface area contributed by atoms with Gasteiger partial charge in [-0.2, -0.15) is 0 Å². The summed E-state index contributed by atoms with van der Waals surface area (Å²) in [6.07, 6.45) is 10.2. The average molecular weight is 242 g/mol. The third-order valence-electron chi connectivity index (χ3n) is 5.82. The van der Waals surface area contributed by atoms with Gasteiger partial charge in [0.15, 0.2) is 0 Å². The molecule has 4 fully saturated rings. The van der Waals surface area contributed by atoms with Crippen LogP contribution in [0.2, 0.25) is 0 Å². The molecule has 5 rings (SSSR count). The average Bonchev–Trinajstić information content (AvgIpc) is 2.38. The van der Waals surface area contributed by atoms with E-state index in [-0.39, 0.29) is 0 Å². The van der Waals surface area contributed by atoms with Crippen LogP contribution < -0.4 is 5.73 Å². The van der Waals surface area contributed by atoms with E-state index >= 15 is 0 Å². The highest BCUT2D eigenvalue weighted by molar-refractivity contribution is 5.24. The molecule has 0 aliphatic heterocycles. The number of rotatable bonds is 2. The van der Waals surface area contributed by atoms with Crippen molar-refractivity contribution in [2.75, 3.05) is 6.54 Å². The molecule has 4 bridgehead atoms. The maximum Gasteiger partial charge on any atom is 0.0465 e. The number of nitrogens with two attached hydrogens (primary N) is 1. The van der Waals surface area contributed by atoms with Crippen LogP contribution in [0.25, 0.3) is 0 Å². The standard InChI is InChI=1S/C16H22N2/c17-11-15-6-12-5-13(7-15)9-16(8-12,10-15)14-3-1-2-4-18-14/h1-4,12-13H,5-11,17H2. The van der Waals surface area contributed by atoms with Crippen molar-refractivity contribution < 1.29 is 0 Å². The fraction of sp³-hybridized carbons (Fsp3) is 0.688. The van der Waals surface area contributed by atoms with Crippen LogP contribution in [0.5, 0.6) is 0 Å². The lowest BCUT2D eigenvalue weighted by Gasteiger charge is -2.62. The van der Waals surface area contributed by atoms with Gasteiger partial charge in [-0.05, 0) is 74.5 Å². The molecule has 2 nitrogen and oxygen atoms in total. The fourth-order valence-electron chi connectivity index (χ4n) is 5.67. The van der Waals surface area contributed by atoms with E-state index in [1.165, 1.54) is 44.2 Å². The second kappa shape index (κ2) is 3.57. The zero-order valence-electron chi connectivity index (χ0n) is 10.9. The first-order valence-corrected chi connectivity index (χ1v) is 7.35. The minimum absolute atomic E-state index is 0.366. The van der Waals surface area contributed by atoms with Gasteiger partial charge < -0.3 is 5.73 Å². The number of hydrogen-bond acceptors (Lipinski definition) is 2. The minimum atomic E-state index is 0.366. The van der Waals surface area contributed by atoms with Gasteiger partial charge in [-0.15, -0.1) is 0 Å². The summed E-state index contributed by atoms with van der Waals surface area (Å²) in [5, 5.41) is 0. The van der Waals surface area contributed by atoms with Gasteiger partial charge in [0.25, 0.3) is 0 Å². The molecule has 0 amide bonds. The van der Waals surface area contributed by atoms with Crippen molar-refractivity contribution in [1.82, 2.24) is 4.98 Å². The molecule has 4 aliphatic rings. The molecule has 0 aromatic carbocycles. The molecule has 0 saturated heterocycles. The predicted octanol–water partition coefficient (Wildman–Crippen LogP) is 2.88. The molecule has 2 heteroatoms. The summed E-state index contributed by atoms with van der Waals surface area (Å²) in [6, 6.07) is 6.43. The van der Waals surface area contributed by atoms with Crippen LogP contribution in [0.3, 0.4) is 0 Å². The molecule has 4 saturated carbocycles. The van der Waals surface area contributed by atoms with Crippen LogP contribution in [-0.4, -0.2) is 11.5 Å². The van der Waals surface area contributed by atoms with E-state index in [4.69, 9.17) is 10.7 Å². The summed E-state index contributed by atoms with van der Waals surface area (Å²) < 4.78 is 0. The second-order valence-electron chi connectivity index (χ2n) is 7.16. The summed E-state index contributed by atoms with van der Waals surface area (Å²) in [4.78, 5) is 4.69. The first-order chi connectivity index (χ1) is 8.74. The molecule has 4 aliphatic carbocycles. The number of pyridine rings is 1. The zero-order chi connectivity index (χ0) is 12.2. The van der Waals surface area contributed by atoms with Crippen molar-refractivity contribution in [2.45, 2.75) is 43.9 Å². The normalized spacial score (nSPS) is 45.4. The van der Waals surface area contributed by atoms with Crippen LogP contribution in [0.4, 0.5) is 0 Å². The smallest absolute Gasteiger partial charge is 0.0465 e. The van der Waals surface area contributed by atoms with Gasteiger partial charge >= 0.3 is 0 Å². The zero-order valence-corrected chi connectivity index (χ0v) is 10.9. The highest BCUT2D eigenvalue weighted by atomic mass is 14.8. The SMILES string of the molecule is NCC12CC3CC(C1)CC(c1ccccn1)(C3)C2. The molecule has 2 N–H and O–H groups in total. The van der Waals surface area contributed by atoms with Crippen LogP contribution in [-0.2, 0) is 5.41 Å². The first-order valence-electron chi connectivity index (χ1n) is 7.35. The molecule has 0 spiro atoms. The maximum absolute atomic E-state index is 6.14. The van der Waals surface area contributed by atoms with Crippen LogP contribution in [0, 0.1) is 17.3 Å². The third kappa shape index (κ3) is 1.41. The Balaban J connectivity index is 1.78. The van der Waals surface area contributed by atoms with E-state index in [1.54, 1.807) is 0 Å². The van der Waals surface area contributed by atoms with Crippen LogP contribution >= 0.6 is 0 Å². The predicted molar refractivity (Wildman–Crippen MR) is 72.1 cm³/mol. The third-order valence-corrected chi connectivity index (χ3v) is 5.82. The molecule has 18 heavy (non-hydrogen) atoms. The fourth-order valence-corrected chi connectivity index (χ4v) is 5.67. The number of hydrogen-bond donors (Lipinski definition) is 1. The molecule has 1 aromatic rings. The molecular weight excluding hydrogens is 220 g/mol. The summed E-state index contributed by atoms with van der Waals surface area (Å²) in [5.74, 6) is 1.83. The lowest BCUT2D eigenvalue weighted by molar-refractivity contribution is -0.0682. The van der Waals surface area contributed by atoms with Crippen molar-refractivity contribution in [3.8, 4) is 0 Å². The summed E-state index contributed by atoms with van der Waals surface area (Å²) in [5.41, 5.74) is 8.30. The van der Waals surface area contributed by atoms with Gasteiger partial charge in [0.05, 0.1) is 0 Å². The molecular formula is C16H22N2. The highest BCUT2D eigenvalue weighted by Gasteiger charge is 2.58. The van der Waals surface area contributed by atoms with Gasteiger partial charge in [-0.3, -0.25) is 4.98 Å². The molecule has 1 aromatic heterocycles. The van der Waals surface area contributed by atoms with E-state index < -0.39 is 0 Å². The van der Waals surface area contributed by atoms with Gasteiger partial charge in [-0.1, -0.05) is 6.07 Å². The van der Waals surface area contributed by atoms with Gasteiger partial charge in [0.2, 0.25) is 0 Å². The topological polar surface area (TPSA) is 38.9 Å². The van der Waals surface area contributed by atoms with Crippen molar-refractivity contribution >= 4 is 0 Å². The largest absolute Gasteiger partial charge is 0.330 e. The summed E-state index contributed by atoms with van der Waals surface area (Å²) >= 11 is 0. The Hall–Kier alpha value is -0.890. The van der Waals surface area contributed by atoms with E-state index in [9.17, 15) is 0 Å². The molecule has 96 valence electrons. The van der Waals surface area contributed by atoms with E-state index in [0.717, 1.165) is 18.4 Å². The Morgan fingerprint density at radius 1 is 1.17 bits per heavy atom. The molecule has 2 unspecified atom stereocenters. The van der Waals surface area contributed by atoms with Crippen molar-refractivity contribution in [2.24, 2.45) is 23.0 Å². The summed E-state index contributed by atoms with van der Waals surface area (Å²) in [7, 11) is 0. The lowest BCUT2D eigenvalue weighted by atomic mass is 9.43. The quantitative estimate of drug-likeness (QED) is 0.866. The number of nitrogens with zero attached hydrogens (tertiary/aromatic N) is 1. The van der Waals surface area contributed by atoms with E-state index in [1.807, 2.05) is 12.3 Å². The van der Waals surface area contributed by atoms with Gasteiger partial charge in [0.1, 0.15) is 0 Å². The van der Waals surface area contributed by atoms with Crippen LogP contribution in [0.15, 0.2) is 24.4 Å². The minimum Gasteiger partial charge on any atom is -0.330 e. The van der Waals surface area contributed by atoms with Gasteiger partial charge in [-0.25, -0.2) is 0 Å². The highest BCUT2D eigenvalue weighted by Crippen LogP contribution is 2.65. The Bertz CT molecular complexity index is 439.